The zero-order chi connectivity index (χ0) is 53.0. The van der Waals surface area contributed by atoms with Gasteiger partial charge in [-0.25, -0.2) is 28.7 Å². The maximum atomic E-state index is 13.4. The molecule has 378 valence electrons. The molecule has 16 heteroatoms. The number of nitrogens with one attached hydrogen (secondary N) is 2. The minimum Gasteiger partial charge on any atom is -0.487 e. The second kappa shape index (κ2) is 24.2. The van der Waals surface area contributed by atoms with Crippen LogP contribution in [0.15, 0.2) is 191 Å². The van der Waals surface area contributed by atoms with Gasteiger partial charge in [-0.05, 0) is 146 Å². The molecule has 7 aromatic carbocycles. The second-order valence-electron chi connectivity index (χ2n) is 17.1. The summed E-state index contributed by atoms with van der Waals surface area (Å²) in [6.45, 7) is 4.59. The minimum atomic E-state index is -0.316. The standard InChI is InChI=1S/2C26H17ClFN3O3.C8H10/c2*27-22-12-19(5-8-25(22)33-14-16-2-1-3-18(28)10-16)31-26-21-11-17(4-7-23(21)29-15-30-26)24-9-6-20(13-32)34-24;1-7-3-5-8(2)6-4-7/h2*1-13,15H,14H2,(H,29,30,31);3-6H,1-2H3. The van der Waals surface area contributed by atoms with Crippen LogP contribution < -0.4 is 20.1 Å². The molecule has 0 saturated carbocycles. The van der Waals surface area contributed by atoms with Crippen molar-refractivity contribution < 1.29 is 36.7 Å². The van der Waals surface area contributed by atoms with E-state index in [0.29, 0.717) is 79.8 Å². The fraction of sp³-hybridized carbons (Fsp3) is 0.0667. The smallest absolute Gasteiger partial charge is 0.185 e. The van der Waals surface area contributed by atoms with Crippen molar-refractivity contribution in [3.05, 3.63) is 238 Å². The molecule has 76 heavy (non-hydrogen) atoms. The van der Waals surface area contributed by atoms with Crippen LogP contribution >= 0.6 is 23.2 Å². The summed E-state index contributed by atoms with van der Waals surface area (Å²) in [5.41, 5.74) is 8.54. The van der Waals surface area contributed by atoms with E-state index in [1.54, 1.807) is 72.8 Å². The van der Waals surface area contributed by atoms with Crippen LogP contribution in [0, 0.1) is 25.5 Å². The number of benzene rings is 7. The van der Waals surface area contributed by atoms with Crippen molar-refractivity contribution in [2.75, 3.05) is 10.6 Å². The number of hydrogen-bond donors (Lipinski definition) is 2. The molecule has 0 fully saturated rings. The summed E-state index contributed by atoms with van der Waals surface area (Å²) in [6, 6.07) is 49.4. The highest BCUT2D eigenvalue weighted by Crippen LogP contribution is 2.35. The maximum absolute atomic E-state index is 13.4. The van der Waals surface area contributed by atoms with Crippen LogP contribution in [0.25, 0.3) is 44.5 Å². The number of fused-ring (bicyclic) bond motifs is 2. The van der Waals surface area contributed by atoms with E-state index < -0.39 is 0 Å². The van der Waals surface area contributed by atoms with Gasteiger partial charge in [0, 0.05) is 33.3 Å². The predicted octanol–water partition coefficient (Wildman–Crippen LogP) is 15.9. The van der Waals surface area contributed by atoms with Gasteiger partial charge in [0.2, 0.25) is 0 Å². The lowest BCUT2D eigenvalue weighted by molar-refractivity contribution is 0.109. The molecule has 0 bridgehead atoms. The van der Waals surface area contributed by atoms with E-state index in [4.69, 9.17) is 41.5 Å². The number of ether oxygens (including phenoxy) is 2. The van der Waals surface area contributed by atoms with Gasteiger partial charge in [-0.1, -0.05) is 82.9 Å². The maximum Gasteiger partial charge on any atom is 0.185 e. The Kier molecular flexibility index (Phi) is 16.4. The molecule has 0 aliphatic heterocycles. The van der Waals surface area contributed by atoms with Crippen molar-refractivity contribution in [1.29, 1.82) is 0 Å². The predicted molar refractivity (Wildman–Crippen MR) is 292 cm³/mol. The third-order valence-corrected chi connectivity index (χ3v) is 12.1. The van der Waals surface area contributed by atoms with E-state index in [2.05, 4.69) is 68.7 Å². The second-order valence-corrected chi connectivity index (χ2v) is 17.9. The van der Waals surface area contributed by atoms with Crippen molar-refractivity contribution in [1.82, 2.24) is 19.9 Å². The fourth-order valence-corrected chi connectivity index (χ4v) is 8.11. The number of rotatable bonds is 14. The number of aromatic nitrogens is 4. The molecule has 2 N–H and O–H groups in total. The van der Waals surface area contributed by atoms with E-state index in [-0.39, 0.29) is 36.4 Å². The first-order valence-electron chi connectivity index (χ1n) is 23.5. The quantitative estimate of drug-likeness (QED) is 0.0996. The number of carbonyl (C=O) groups is 2. The van der Waals surface area contributed by atoms with Gasteiger partial charge < -0.3 is 28.9 Å². The van der Waals surface area contributed by atoms with Crippen molar-refractivity contribution in [3.8, 4) is 34.1 Å². The number of hydrogen-bond acceptors (Lipinski definition) is 12. The molecule has 0 saturated heterocycles. The molecule has 0 radical (unpaired) electrons. The Morgan fingerprint density at radius 1 is 0.500 bits per heavy atom. The number of halogens is 4. The molecule has 12 nitrogen and oxygen atoms in total. The highest BCUT2D eigenvalue weighted by Gasteiger charge is 2.14. The van der Waals surface area contributed by atoms with Crippen molar-refractivity contribution >= 4 is 80.6 Å². The number of aldehydes is 2. The lowest BCUT2D eigenvalue weighted by atomic mass is 10.1. The Hall–Kier alpha value is -9.24. The van der Waals surface area contributed by atoms with Gasteiger partial charge in [-0.15, -0.1) is 0 Å². The summed E-state index contributed by atoms with van der Waals surface area (Å²) in [5.74, 6) is 3.15. The number of furan rings is 2. The zero-order valence-corrected chi connectivity index (χ0v) is 42.2. The van der Waals surface area contributed by atoms with Crippen LogP contribution in [0.3, 0.4) is 0 Å². The van der Waals surface area contributed by atoms with Crippen LogP contribution in [-0.2, 0) is 13.2 Å². The van der Waals surface area contributed by atoms with Crippen molar-refractivity contribution in [2.24, 2.45) is 0 Å². The number of nitrogens with zero attached hydrogens (tertiary/aromatic N) is 4. The number of carbonyl (C=O) groups excluding carboxylic acids is 2. The SMILES string of the molecule is Cc1ccc(C)cc1.O=Cc1ccc(-c2ccc3ncnc(Nc4ccc(OCc5cccc(F)c5)c(Cl)c4)c3c2)o1.O=Cc1ccc(-c2ccc3ncnc(Nc4ccc(OCc5cccc(F)c5)c(Cl)c4)c3c2)o1. The topological polar surface area (TPSA) is 154 Å². The largest absolute Gasteiger partial charge is 0.487 e. The van der Waals surface area contributed by atoms with Gasteiger partial charge in [-0.2, -0.15) is 0 Å². The lowest BCUT2D eigenvalue weighted by Gasteiger charge is -2.12. The molecule has 0 unspecified atom stereocenters. The van der Waals surface area contributed by atoms with Crippen LogP contribution in [0.1, 0.15) is 43.4 Å². The first-order valence-corrected chi connectivity index (χ1v) is 24.2. The molecule has 11 aromatic rings. The Morgan fingerprint density at radius 2 is 0.934 bits per heavy atom. The molecule has 11 rings (SSSR count). The summed E-state index contributed by atoms with van der Waals surface area (Å²) in [5, 5.41) is 8.87. The van der Waals surface area contributed by atoms with Gasteiger partial charge in [-0.3, -0.25) is 9.59 Å². The van der Waals surface area contributed by atoms with Crippen molar-refractivity contribution in [3.63, 3.8) is 0 Å². The number of aryl methyl sites for hydroxylation is 2. The number of anilines is 4. The monoisotopic (exact) mass is 1050 g/mol. The minimum absolute atomic E-state index is 0.197. The van der Waals surface area contributed by atoms with Gasteiger partial charge in [0.25, 0.3) is 0 Å². The molecular weight excluding hydrogens is 1010 g/mol. The van der Waals surface area contributed by atoms with E-state index in [1.807, 2.05) is 48.5 Å². The Labute approximate surface area is 445 Å². The Balaban J connectivity index is 0.000000162. The average Bonchev–Trinajstić information content (AvgIpc) is 4.13. The van der Waals surface area contributed by atoms with Gasteiger partial charge in [0.15, 0.2) is 24.1 Å². The molecule has 0 aliphatic rings. The molecule has 4 aromatic heterocycles. The normalized spacial score (nSPS) is 10.7. The lowest BCUT2D eigenvalue weighted by Crippen LogP contribution is -1.99. The van der Waals surface area contributed by atoms with Crippen LogP contribution in [0.4, 0.5) is 31.8 Å². The molecular formula is C60H44Cl2F2N6O6. The Morgan fingerprint density at radius 3 is 1.32 bits per heavy atom. The van der Waals surface area contributed by atoms with E-state index in [1.165, 1.54) is 48.0 Å². The van der Waals surface area contributed by atoms with Gasteiger partial charge >= 0.3 is 0 Å². The van der Waals surface area contributed by atoms with Gasteiger partial charge in [0.1, 0.15) is 72.2 Å². The average molecular weight is 1050 g/mol. The first-order chi connectivity index (χ1) is 37.0. The molecule has 0 atom stereocenters. The summed E-state index contributed by atoms with van der Waals surface area (Å²) in [7, 11) is 0. The summed E-state index contributed by atoms with van der Waals surface area (Å²) < 4.78 is 49.3. The Bertz CT molecular complexity index is 3590. The highest BCUT2D eigenvalue weighted by atomic mass is 35.5. The van der Waals surface area contributed by atoms with E-state index >= 15 is 0 Å². The fourth-order valence-electron chi connectivity index (χ4n) is 7.64. The highest BCUT2D eigenvalue weighted by molar-refractivity contribution is 6.32. The first kappa shape index (κ1) is 51.7. The molecule has 0 spiro atoms. The third-order valence-electron chi connectivity index (χ3n) is 11.5. The van der Waals surface area contributed by atoms with Gasteiger partial charge in [0.05, 0.1) is 21.1 Å². The van der Waals surface area contributed by atoms with Crippen LogP contribution in [0.5, 0.6) is 11.5 Å². The molecule has 0 aliphatic carbocycles. The summed E-state index contributed by atoms with van der Waals surface area (Å²) >= 11 is 12.8. The molecule has 0 amide bonds. The third kappa shape index (κ3) is 13.3. The summed E-state index contributed by atoms with van der Waals surface area (Å²) in [4.78, 5) is 39.3. The van der Waals surface area contributed by atoms with Crippen LogP contribution in [-0.4, -0.2) is 32.5 Å². The summed E-state index contributed by atoms with van der Waals surface area (Å²) in [6.07, 6.45) is 4.27. The van der Waals surface area contributed by atoms with E-state index in [0.717, 1.165) is 32.9 Å². The van der Waals surface area contributed by atoms with Crippen LogP contribution in [0.2, 0.25) is 10.0 Å². The van der Waals surface area contributed by atoms with E-state index in [9.17, 15) is 18.4 Å². The molecule has 4 heterocycles. The van der Waals surface area contributed by atoms with Crippen molar-refractivity contribution in [2.45, 2.75) is 27.1 Å². The zero-order valence-electron chi connectivity index (χ0n) is 40.6.